The van der Waals surface area contributed by atoms with Gasteiger partial charge in [0.1, 0.15) is 11.9 Å². The lowest BCUT2D eigenvalue weighted by molar-refractivity contribution is 0.192. The molecule has 0 amide bonds. The highest BCUT2D eigenvalue weighted by atomic mass is 35.5. The van der Waals surface area contributed by atoms with Crippen LogP contribution >= 0.6 is 11.6 Å². The van der Waals surface area contributed by atoms with Gasteiger partial charge in [0.15, 0.2) is 0 Å². The van der Waals surface area contributed by atoms with Gasteiger partial charge in [-0.1, -0.05) is 11.6 Å². The maximum Gasteiger partial charge on any atom is 0.145 e. The molecule has 0 radical (unpaired) electrons. The van der Waals surface area contributed by atoms with E-state index in [1.165, 1.54) is 0 Å². The molecule has 1 N–H and O–H groups in total. The Balaban J connectivity index is 2.46. The average Bonchev–Trinajstić information content (AvgIpc) is 2.08. The summed E-state index contributed by atoms with van der Waals surface area (Å²) < 4.78 is 5.81. The third kappa shape index (κ3) is 1.55. The second-order valence-corrected chi connectivity index (χ2v) is 4.29. The van der Waals surface area contributed by atoms with Gasteiger partial charge in [-0.05, 0) is 38.5 Å². The van der Waals surface area contributed by atoms with E-state index >= 15 is 0 Å². The van der Waals surface area contributed by atoms with Gasteiger partial charge in [0.25, 0.3) is 0 Å². The second-order valence-electron chi connectivity index (χ2n) is 3.86. The quantitative estimate of drug-likeness (QED) is 0.712. The number of aryl methyl sites for hydroxylation is 1. The van der Waals surface area contributed by atoms with Crippen molar-refractivity contribution < 1.29 is 4.74 Å². The van der Waals surface area contributed by atoms with Gasteiger partial charge in [-0.15, -0.1) is 0 Å². The van der Waals surface area contributed by atoms with E-state index in [1.54, 1.807) is 0 Å². The minimum absolute atomic E-state index is 0.197. The Kier molecular flexibility index (Phi) is 2.31. The average molecular weight is 212 g/mol. The molecule has 0 fully saturated rings. The summed E-state index contributed by atoms with van der Waals surface area (Å²) in [5, 5.41) is 4.13. The third-order valence-electron chi connectivity index (χ3n) is 2.63. The molecule has 2 rings (SSSR count). The monoisotopic (exact) mass is 211 g/mol. The van der Waals surface area contributed by atoms with Crippen molar-refractivity contribution in [3.63, 3.8) is 0 Å². The van der Waals surface area contributed by atoms with Gasteiger partial charge in [-0.25, -0.2) is 0 Å². The van der Waals surface area contributed by atoms with E-state index in [9.17, 15) is 0 Å². The van der Waals surface area contributed by atoms with Crippen molar-refractivity contribution in [3.05, 3.63) is 22.7 Å². The van der Waals surface area contributed by atoms with Crippen LogP contribution in [0.4, 0.5) is 5.69 Å². The first-order valence-corrected chi connectivity index (χ1v) is 5.19. The molecule has 0 saturated heterocycles. The number of nitrogens with one attached hydrogen (secondary N) is 1. The van der Waals surface area contributed by atoms with Crippen molar-refractivity contribution in [3.8, 4) is 5.75 Å². The van der Waals surface area contributed by atoms with Gasteiger partial charge in [-0.3, -0.25) is 0 Å². The molecule has 1 aromatic rings. The van der Waals surface area contributed by atoms with Crippen molar-refractivity contribution in [2.75, 3.05) is 5.32 Å². The van der Waals surface area contributed by atoms with Gasteiger partial charge >= 0.3 is 0 Å². The van der Waals surface area contributed by atoms with Crippen LogP contribution in [-0.2, 0) is 0 Å². The predicted octanol–water partition coefficient (Wildman–Crippen LogP) is 3.23. The Morgan fingerprint density at radius 2 is 2.07 bits per heavy atom. The number of benzene rings is 1. The normalized spacial score (nSPS) is 24.9. The fourth-order valence-electron chi connectivity index (χ4n) is 1.64. The number of hydrogen-bond acceptors (Lipinski definition) is 2. The third-order valence-corrected chi connectivity index (χ3v) is 2.85. The highest BCUT2D eigenvalue weighted by molar-refractivity contribution is 6.31. The Bertz CT molecular complexity index is 365. The molecule has 0 bridgehead atoms. The Morgan fingerprint density at radius 1 is 1.36 bits per heavy atom. The van der Waals surface area contributed by atoms with Crippen molar-refractivity contribution >= 4 is 17.3 Å². The topological polar surface area (TPSA) is 21.3 Å². The van der Waals surface area contributed by atoms with Crippen LogP contribution < -0.4 is 10.1 Å². The first-order valence-electron chi connectivity index (χ1n) is 4.81. The molecule has 14 heavy (non-hydrogen) atoms. The van der Waals surface area contributed by atoms with E-state index < -0.39 is 0 Å². The molecular formula is C11H14ClNO. The highest BCUT2D eigenvalue weighted by Gasteiger charge is 2.23. The molecule has 0 spiro atoms. The van der Waals surface area contributed by atoms with Gasteiger partial charge in [-0.2, -0.15) is 0 Å². The van der Waals surface area contributed by atoms with Crippen LogP contribution in [0.1, 0.15) is 19.4 Å². The SMILES string of the molecule is Cc1cc(Cl)cc2c1OC(C)C(C)N2. The maximum atomic E-state index is 5.97. The van der Waals surface area contributed by atoms with E-state index in [0.29, 0.717) is 6.04 Å². The minimum atomic E-state index is 0.197. The fourth-order valence-corrected chi connectivity index (χ4v) is 1.92. The van der Waals surface area contributed by atoms with Crippen LogP contribution in [-0.4, -0.2) is 12.1 Å². The molecule has 2 atom stereocenters. The molecule has 0 aliphatic carbocycles. The Labute approximate surface area is 89.2 Å². The summed E-state index contributed by atoms with van der Waals surface area (Å²) in [6.45, 7) is 6.17. The van der Waals surface area contributed by atoms with Crippen molar-refractivity contribution in [1.82, 2.24) is 0 Å². The van der Waals surface area contributed by atoms with Crippen molar-refractivity contribution in [2.24, 2.45) is 0 Å². The van der Waals surface area contributed by atoms with E-state index in [1.807, 2.05) is 19.1 Å². The van der Waals surface area contributed by atoms with Gasteiger partial charge < -0.3 is 10.1 Å². The largest absolute Gasteiger partial charge is 0.486 e. The summed E-state index contributed by atoms with van der Waals surface area (Å²) in [6.07, 6.45) is 0.197. The predicted molar refractivity (Wildman–Crippen MR) is 59.4 cm³/mol. The second kappa shape index (κ2) is 3.35. The number of anilines is 1. The van der Waals surface area contributed by atoms with E-state index in [-0.39, 0.29) is 6.10 Å². The van der Waals surface area contributed by atoms with Gasteiger partial charge in [0, 0.05) is 5.02 Å². The number of fused-ring (bicyclic) bond motifs is 1. The summed E-state index contributed by atoms with van der Waals surface area (Å²) in [4.78, 5) is 0. The molecule has 1 aromatic carbocycles. The smallest absolute Gasteiger partial charge is 0.145 e. The van der Waals surface area contributed by atoms with Crippen LogP contribution in [0.25, 0.3) is 0 Å². The van der Waals surface area contributed by atoms with E-state index in [2.05, 4.69) is 19.2 Å². The molecule has 1 aliphatic rings. The summed E-state index contributed by atoms with van der Waals surface area (Å²) in [5.74, 6) is 0.931. The Hall–Kier alpha value is -0.890. The molecule has 2 unspecified atom stereocenters. The standard InChI is InChI=1S/C11H14ClNO/c1-6-4-9(12)5-10-11(6)14-8(3)7(2)13-10/h4-5,7-8,13H,1-3H3. The maximum absolute atomic E-state index is 5.97. The lowest BCUT2D eigenvalue weighted by Gasteiger charge is -2.31. The lowest BCUT2D eigenvalue weighted by Crippen LogP contribution is -2.37. The van der Waals surface area contributed by atoms with Crippen molar-refractivity contribution in [2.45, 2.75) is 32.9 Å². The first kappa shape index (κ1) is 9.66. The zero-order chi connectivity index (χ0) is 10.3. The highest BCUT2D eigenvalue weighted by Crippen LogP contribution is 2.36. The van der Waals surface area contributed by atoms with Gasteiger partial charge in [0.2, 0.25) is 0 Å². The summed E-state index contributed by atoms with van der Waals surface area (Å²) >= 11 is 5.97. The number of rotatable bonds is 0. The fraction of sp³-hybridized carbons (Fsp3) is 0.455. The molecule has 0 saturated carbocycles. The van der Waals surface area contributed by atoms with E-state index in [4.69, 9.17) is 16.3 Å². The van der Waals surface area contributed by atoms with Crippen LogP contribution in [0.3, 0.4) is 0 Å². The Morgan fingerprint density at radius 3 is 2.79 bits per heavy atom. The molecule has 0 aromatic heterocycles. The molecule has 1 aliphatic heterocycles. The number of halogens is 1. The molecule has 2 nitrogen and oxygen atoms in total. The molecule has 1 heterocycles. The van der Waals surface area contributed by atoms with E-state index in [0.717, 1.165) is 22.0 Å². The van der Waals surface area contributed by atoms with Crippen LogP contribution in [0.5, 0.6) is 5.75 Å². The number of ether oxygens (including phenoxy) is 1. The van der Waals surface area contributed by atoms with Crippen LogP contribution in [0, 0.1) is 6.92 Å². The number of hydrogen-bond donors (Lipinski definition) is 1. The van der Waals surface area contributed by atoms with Crippen LogP contribution in [0.2, 0.25) is 5.02 Å². The molecular weight excluding hydrogens is 198 g/mol. The van der Waals surface area contributed by atoms with Gasteiger partial charge in [0.05, 0.1) is 11.7 Å². The zero-order valence-electron chi connectivity index (χ0n) is 8.60. The summed E-state index contributed by atoms with van der Waals surface area (Å²) in [5.41, 5.74) is 2.08. The minimum Gasteiger partial charge on any atom is -0.486 e. The first-order chi connectivity index (χ1) is 6.58. The van der Waals surface area contributed by atoms with Crippen molar-refractivity contribution in [1.29, 1.82) is 0 Å². The molecule has 76 valence electrons. The van der Waals surface area contributed by atoms with Crippen LogP contribution in [0.15, 0.2) is 12.1 Å². The summed E-state index contributed by atoms with van der Waals surface area (Å²) in [7, 11) is 0. The lowest BCUT2D eigenvalue weighted by atomic mass is 10.1. The summed E-state index contributed by atoms with van der Waals surface area (Å²) in [6, 6.07) is 4.15. The zero-order valence-corrected chi connectivity index (χ0v) is 9.35. The molecule has 3 heteroatoms.